The summed E-state index contributed by atoms with van der Waals surface area (Å²) in [6.45, 7) is 5.68. The van der Waals surface area contributed by atoms with E-state index >= 15 is 0 Å². The molecule has 0 aromatic carbocycles. The SMILES string of the molecule is C=C(C)C(N)c1nccn1C. The van der Waals surface area contributed by atoms with Gasteiger partial charge >= 0.3 is 0 Å². The van der Waals surface area contributed by atoms with Crippen molar-refractivity contribution in [2.45, 2.75) is 13.0 Å². The average molecular weight is 151 g/mol. The maximum atomic E-state index is 5.80. The van der Waals surface area contributed by atoms with Crippen molar-refractivity contribution < 1.29 is 0 Å². The van der Waals surface area contributed by atoms with Crippen LogP contribution in [0, 0.1) is 0 Å². The molecule has 1 unspecified atom stereocenters. The highest BCUT2D eigenvalue weighted by molar-refractivity contribution is 5.12. The van der Waals surface area contributed by atoms with Gasteiger partial charge in [0.1, 0.15) is 5.82 Å². The van der Waals surface area contributed by atoms with E-state index in [1.807, 2.05) is 24.7 Å². The van der Waals surface area contributed by atoms with Crippen molar-refractivity contribution in [3.8, 4) is 0 Å². The third-order valence-electron chi connectivity index (χ3n) is 1.67. The van der Waals surface area contributed by atoms with Gasteiger partial charge in [-0.15, -0.1) is 0 Å². The predicted molar refractivity (Wildman–Crippen MR) is 45.0 cm³/mol. The highest BCUT2D eigenvalue weighted by Gasteiger charge is 2.09. The molecule has 0 amide bonds. The van der Waals surface area contributed by atoms with Crippen molar-refractivity contribution in [3.63, 3.8) is 0 Å². The van der Waals surface area contributed by atoms with Crippen LogP contribution in [0.2, 0.25) is 0 Å². The van der Waals surface area contributed by atoms with Crippen LogP contribution in [0.1, 0.15) is 18.8 Å². The van der Waals surface area contributed by atoms with Crippen LogP contribution in [-0.2, 0) is 7.05 Å². The van der Waals surface area contributed by atoms with Crippen molar-refractivity contribution >= 4 is 0 Å². The van der Waals surface area contributed by atoms with Gasteiger partial charge in [0.15, 0.2) is 0 Å². The van der Waals surface area contributed by atoms with E-state index in [0.717, 1.165) is 11.4 Å². The van der Waals surface area contributed by atoms with Gasteiger partial charge < -0.3 is 10.3 Å². The summed E-state index contributed by atoms with van der Waals surface area (Å²) in [7, 11) is 1.92. The molecule has 1 atom stereocenters. The van der Waals surface area contributed by atoms with Gasteiger partial charge in [-0.1, -0.05) is 12.2 Å². The molecule has 0 radical (unpaired) electrons. The molecule has 1 heterocycles. The number of nitrogens with two attached hydrogens (primary N) is 1. The van der Waals surface area contributed by atoms with Gasteiger partial charge in [0.25, 0.3) is 0 Å². The van der Waals surface area contributed by atoms with Gasteiger partial charge in [0.05, 0.1) is 6.04 Å². The number of imidazole rings is 1. The quantitative estimate of drug-likeness (QED) is 0.641. The molecule has 1 rings (SSSR count). The molecule has 0 fully saturated rings. The lowest BCUT2D eigenvalue weighted by Crippen LogP contribution is -2.15. The number of hydrogen-bond donors (Lipinski definition) is 1. The van der Waals surface area contributed by atoms with E-state index in [1.165, 1.54) is 0 Å². The molecule has 0 aliphatic heterocycles. The van der Waals surface area contributed by atoms with Crippen LogP contribution in [-0.4, -0.2) is 9.55 Å². The lowest BCUT2D eigenvalue weighted by atomic mass is 10.1. The standard InChI is InChI=1S/C8H13N3/c1-6(2)7(9)8-10-4-5-11(8)3/h4-5,7H,1,9H2,2-3H3. The van der Waals surface area contributed by atoms with E-state index in [-0.39, 0.29) is 6.04 Å². The number of hydrogen-bond acceptors (Lipinski definition) is 2. The maximum absolute atomic E-state index is 5.80. The predicted octanol–water partition coefficient (Wildman–Crippen LogP) is 0.996. The Balaban J connectivity index is 2.92. The van der Waals surface area contributed by atoms with E-state index in [9.17, 15) is 0 Å². The first-order valence-electron chi connectivity index (χ1n) is 3.51. The zero-order chi connectivity index (χ0) is 8.43. The summed E-state index contributed by atoms with van der Waals surface area (Å²) in [6, 6.07) is -0.144. The van der Waals surface area contributed by atoms with E-state index in [2.05, 4.69) is 11.6 Å². The molecule has 2 N–H and O–H groups in total. The first kappa shape index (κ1) is 8.01. The molecule has 0 saturated heterocycles. The summed E-state index contributed by atoms with van der Waals surface area (Å²) >= 11 is 0. The minimum absolute atomic E-state index is 0.144. The third kappa shape index (κ3) is 1.49. The van der Waals surface area contributed by atoms with Crippen molar-refractivity contribution in [1.29, 1.82) is 0 Å². The van der Waals surface area contributed by atoms with Crippen LogP contribution in [0.15, 0.2) is 24.5 Å². The Kier molecular flexibility index (Phi) is 2.10. The lowest BCUT2D eigenvalue weighted by Gasteiger charge is -2.10. The van der Waals surface area contributed by atoms with Gasteiger partial charge in [0, 0.05) is 19.4 Å². The Labute approximate surface area is 66.5 Å². The van der Waals surface area contributed by atoms with Crippen LogP contribution in [0.5, 0.6) is 0 Å². The van der Waals surface area contributed by atoms with E-state index in [0.29, 0.717) is 0 Å². The second kappa shape index (κ2) is 2.88. The summed E-state index contributed by atoms with van der Waals surface area (Å²) < 4.78 is 1.90. The summed E-state index contributed by atoms with van der Waals surface area (Å²) in [5.41, 5.74) is 6.73. The largest absolute Gasteiger partial charge is 0.336 e. The fraction of sp³-hybridized carbons (Fsp3) is 0.375. The first-order valence-corrected chi connectivity index (χ1v) is 3.51. The Bertz CT molecular complexity index is 262. The molecular formula is C8H13N3. The highest BCUT2D eigenvalue weighted by atomic mass is 15.1. The molecule has 3 nitrogen and oxygen atoms in total. The van der Waals surface area contributed by atoms with Crippen molar-refractivity contribution in [2.75, 3.05) is 0 Å². The minimum Gasteiger partial charge on any atom is -0.336 e. The number of aromatic nitrogens is 2. The van der Waals surface area contributed by atoms with Gasteiger partial charge in [-0.2, -0.15) is 0 Å². The van der Waals surface area contributed by atoms with Crippen LogP contribution in [0.25, 0.3) is 0 Å². The van der Waals surface area contributed by atoms with Crippen molar-refractivity contribution in [1.82, 2.24) is 9.55 Å². The molecule has 11 heavy (non-hydrogen) atoms. The second-order valence-corrected chi connectivity index (χ2v) is 2.72. The van der Waals surface area contributed by atoms with E-state index in [1.54, 1.807) is 6.20 Å². The van der Waals surface area contributed by atoms with Gasteiger partial charge in [-0.3, -0.25) is 0 Å². The summed E-state index contributed by atoms with van der Waals surface area (Å²) in [6.07, 6.45) is 3.61. The van der Waals surface area contributed by atoms with E-state index < -0.39 is 0 Å². The maximum Gasteiger partial charge on any atom is 0.129 e. The molecule has 0 bridgehead atoms. The van der Waals surface area contributed by atoms with Crippen LogP contribution < -0.4 is 5.73 Å². The van der Waals surface area contributed by atoms with Gasteiger partial charge in [-0.25, -0.2) is 4.98 Å². The number of rotatable bonds is 2. The van der Waals surface area contributed by atoms with Crippen LogP contribution >= 0.6 is 0 Å². The fourth-order valence-corrected chi connectivity index (χ4v) is 0.897. The first-order chi connectivity index (χ1) is 5.13. The lowest BCUT2D eigenvalue weighted by molar-refractivity contribution is 0.707. The molecule has 0 aliphatic carbocycles. The van der Waals surface area contributed by atoms with Crippen LogP contribution in [0.4, 0.5) is 0 Å². The van der Waals surface area contributed by atoms with Crippen LogP contribution in [0.3, 0.4) is 0 Å². The molecule has 1 aromatic heterocycles. The smallest absolute Gasteiger partial charge is 0.129 e. The number of aryl methyl sites for hydroxylation is 1. The molecule has 0 saturated carbocycles. The van der Waals surface area contributed by atoms with Crippen molar-refractivity contribution in [2.24, 2.45) is 12.8 Å². The molecule has 1 aromatic rings. The monoisotopic (exact) mass is 151 g/mol. The Morgan fingerprint density at radius 3 is 2.82 bits per heavy atom. The average Bonchev–Trinajstić information content (AvgIpc) is 2.33. The van der Waals surface area contributed by atoms with Crippen molar-refractivity contribution in [3.05, 3.63) is 30.4 Å². The van der Waals surface area contributed by atoms with E-state index in [4.69, 9.17) is 5.73 Å². The molecule has 0 aliphatic rings. The Morgan fingerprint density at radius 2 is 2.45 bits per heavy atom. The highest BCUT2D eigenvalue weighted by Crippen LogP contribution is 2.13. The zero-order valence-corrected chi connectivity index (χ0v) is 6.91. The Morgan fingerprint density at radius 1 is 1.82 bits per heavy atom. The molecule has 3 heteroatoms. The third-order valence-corrected chi connectivity index (χ3v) is 1.67. The minimum atomic E-state index is -0.144. The van der Waals surface area contributed by atoms with Gasteiger partial charge in [-0.05, 0) is 6.92 Å². The normalized spacial score (nSPS) is 13.0. The summed E-state index contributed by atoms with van der Waals surface area (Å²) in [5, 5.41) is 0. The van der Waals surface area contributed by atoms with Gasteiger partial charge in [0.2, 0.25) is 0 Å². The summed E-state index contributed by atoms with van der Waals surface area (Å²) in [5.74, 6) is 0.859. The summed E-state index contributed by atoms with van der Waals surface area (Å²) in [4.78, 5) is 4.11. The molecular weight excluding hydrogens is 138 g/mol. The molecule has 60 valence electrons. The topological polar surface area (TPSA) is 43.8 Å². The fourth-order valence-electron chi connectivity index (χ4n) is 0.897. The second-order valence-electron chi connectivity index (χ2n) is 2.72. The Hall–Kier alpha value is -1.09. The molecule has 0 spiro atoms. The zero-order valence-electron chi connectivity index (χ0n) is 6.91. The number of nitrogens with zero attached hydrogens (tertiary/aromatic N) is 2.